The van der Waals surface area contributed by atoms with E-state index in [4.69, 9.17) is 18.9 Å². The van der Waals surface area contributed by atoms with E-state index in [1.165, 1.54) is 21.0 Å². The van der Waals surface area contributed by atoms with E-state index < -0.39 is 12.4 Å². The van der Waals surface area contributed by atoms with E-state index in [1.54, 1.807) is 0 Å². The van der Waals surface area contributed by atoms with Gasteiger partial charge in [-0.1, -0.05) is 13.8 Å². The van der Waals surface area contributed by atoms with Crippen LogP contribution in [0.3, 0.4) is 0 Å². The Bertz CT molecular complexity index is 325. The molecule has 0 N–H and O–H groups in total. The molecule has 0 spiro atoms. The van der Waals surface area contributed by atoms with E-state index in [1.807, 2.05) is 13.8 Å². The molecule has 1 rings (SSSR count). The third kappa shape index (κ3) is 4.18. The smallest absolute Gasteiger partial charge is 0.303 e. The van der Waals surface area contributed by atoms with E-state index in [2.05, 4.69) is 0 Å². The monoisotopic (exact) mass is 274 g/mol. The number of carbonyl (C=O) groups is 2. The fourth-order valence-corrected chi connectivity index (χ4v) is 2.19. The maximum absolute atomic E-state index is 11.1. The van der Waals surface area contributed by atoms with Crippen molar-refractivity contribution in [2.24, 2.45) is 11.8 Å². The zero-order chi connectivity index (χ0) is 14.6. The van der Waals surface area contributed by atoms with Gasteiger partial charge in [-0.3, -0.25) is 9.59 Å². The Morgan fingerprint density at radius 1 is 1.11 bits per heavy atom. The van der Waals surface area contributed by atoms with Crippen LogP contribution < -0.4 is 0 Å². The summed E-state index contributed by atoms with van der Waals surface area (Å²) in [6.07, 6.45) is -1.36. The van der Waals surface area contributed by atoms with Crippen molar-refractivity contribution in [2.75, 3.05) is 13.7 Å². The van der Waals surface area contributed by atoms with Gasteiger partial charge in [0.2, 0.25) is 0 Å². The SMILES string of the molecule is CO[C@@H]1OC(COC(C)=O)[C@@H](C)C(C)C1OC(C)=O. The summed E-state index contributed by atoms with van der Waals surface area (Å²) in [6, 6.07) is 0. The van der Waals surface area contributed by atoms with Crippen LogP contribution in [0.2, 0.25) is 0 Å². The Kier molecular flexibility index (Phi) is 5.75. The summed E-state index contributed by atoms with van der Waals surface area (Å²) in [6.45, 7) is 6.82. The number of carbonyl (C=O) groups excluding carboxylic acids is 2. The number of hydrogen-bond donors (Lipinski definition) is 0. The van der Waals surface area contributed by atoms with E-state index >= 15 is 0 Å². The average Bonchev–Trinajstić information content (AvgIpc) is 2.33. The second-order valence-electron chi connectivity index (χ2n) is 4.87. The van der Waals surface area contributed by atoms with Gasteiger partial charge in [0.25, 0.3) is 0 Å². The first kappa shape index (κ1) is 15.9. The second-order valence-corrected chi connectivity index (χ2v) is 4.87. The lowest BCUT2D eigenvalue weighted by Gasteiger charge is -2.42. The molecule has 5 atom stereocenters. The van der Waals surface area contributed by atoms with Crippen LogP contribution in [0.25, 0.3) is 0 Å². The second kappa shape index (κ2) is 6.86. The molecule has 1 aliphatic rings. The molecular weight excluding hydrogens is 252 g/mol. The highest BCUT2D eigenvalue weighted by Crippen LogP contribution is 2.33. The van der Waals surface area contributed by atoms with Crippen LogP contribution >= 0.6 is 0 Å². The molecule has 0 radical (unpaired) electrons. The van der Waals surface area contributed by atoms with E-state index in [9.17, 15) is 9.59 Å². The summed E-state index contributed by atoms with van der Waals surface area (Å²) in [4.78, 5) is 22.0. The molecule has 0 aromatic rings. The lowest BCUT2D eigenvalue weighted by Crippen LogP contribution is -2.53. The van der Waals surface area contributed by atoms with Gasteiger partial charge in [0, 0.05) is 26.9 Å². The van der Waals surface area contributed by atoms with Gasteiger partial charge in [-0.25, -0.2) is 0 Å². The van der Waals surface area contributed by atoms with Gasteiger partial charge in [-0.15, -0.1) is 0 Å². The molecule has 3 unspecified atom stereocenters. The molecule has 110 valence electrons. The molecule has 1 heterocycles. The van der Waals surface area contributed by atoms with Crippen molar-refractivity contribution >= 4 is 11.9 Å². The molecular formula is C13H22O6. The average molecular weight is 274 g/mol. The highest BCUT2D eigenvalue weighted by molar-refractivity contribution is 5.66. The van der Waals surface area contributed by atoms with Crippen molar-refractivity contribution in [3.63, 3.8) is 0 Å². The summed E-state index contributed by atoms with van der Waals surface area (Å²) in [5.74, 6) is -0.592. The minimum Gasteiger partial charge on any atom is -0.463 e. The van der Waals surface area contributed by atoms with Crippen LogP contribution in [0.4, 0.5) is 0 Å². The summed E-state index contributed by atoms with van der Waals surface area (Å²) in [7, 11) is 1.49. The number of ether oxygens (including phenoxy) is 4. The van der Waals surface area contributed by atoms with Gasteiger partial charge >= 0.3 is 11.9 Å². The summed E-state index contributed by atoms with van der Waals surface area (Å²) in [5, 5.41) is 0. The molecule has 19 heavy (non-hydrogen) atoms. The molecule has 1 saturated heterocycles. The van der Waals surface area contributed by atoms with Crippen LogP contribution in [0, 0.1) is 11.8 Å². The van der Waals surface area contributed by atoms with Crippen molar-refractivity contribution in [1.82, 2.24) is 0 Å². The quantitative estimate of drug-likeness (QED) is 0.716. The Hall–Kier alpha value is -1.14. The van der Waals surface area contributed by atoms with Crippen LogP contribution in [0.1, 0.15) is 27.7 Å². The maximum Gasteiger partial charge on any atom is 0.303 e. The number of esters is 2. The van der Waals surface area contributed by atoms with E-state index in [0.29, 0.717) is 0 Å². The third-order valence-corrected chi connectivity index (χ3v) is 3.50. The van der Waals surface area contributed by atoms with Gasteiger partial charge in [-0.2, -0.15) is 0 Å². The molecule has 1 aliphatic heterocycles. The molecule has 6 heteroatoms. The van der Waals surface area contributed by atoms with Crippen molar-refractivity contribution in [2.45, 2.75) is 46.2 Å². The standard InChI is InChI=1S/C13H22O6/c1-7-8(2)12(18-10(4)15)13(16-5)19-11(7)6-17-9(3)14/h7-8,11-13H,6H2,1-5H3/t7-,8?,11?,12?,13+/m0/s1. The van der Waals surface area contributed by atoms with E-state index in [0.717, 1.165) is 0 Å². The van der Waals surface area contributed by atoms with Gasteiger partial charge in [0.15, 0.2) is 12.4 Å². The largest absolute Gasteiger partial charge is 0.463 e. The minimum absolute atomic E-state index is 0.0446. The first-order valence-corrected chi connectivity index (χ1v) is 6.35. The summed E-state index contributed by atoms with van der Waals surface area (Å²) < 4.78 is 21.2. The lowest BCUT2D eigenvalue weighted by molar-refractivity contribution is -0.272. The third-order valence-electron chi connectivity index (χ3n) is 3.50. The molecule has 0 amide bonds. The fraction of sp³-hybridized carbons (Fsp3) is 0.846. The first-order chi connectivity index (χ1) is 8.86. The van der Waals surface area contributed by atoms with Crippen molar-refractivity contribution in [3.8, 4) is 0 Å². The minimum atomic E-state index is -0.643. The molecule has 0 aromatic carbocycles. The lowest BCUT2D eigenvalue weighted by atomic mass is 9.83. The zero-order valence-electron chi connectivity index (χ0n) is 12.0. The highest BCUT2D eigenvalue weighted by atomic mass is 16.7. The van der Waals surface area contributed by atoms with Crippen LogP contribution in [-0.2, 0) is 28.5 Å². The van der Waals surface area contributed by atoms with Gasteiger partial charge in [0.1, 0.15) is 6.61 Å². The molecule has 6 nitrogen and oxygen atoms in total. The topological polar surface area (TPSA) is 71.1 Å². The predicted octanol–water partition coefficient (Wildman–Crippen LogP) is 1.12. The van der Waals surface area contributed by atoms with Crippen LogP contribution in [0.5, 0.6) is 0 Å². The zero-order valence-corrected chi connectivity index (χ0v) is 12.0. The van der Waals surface area contributed by atoms with Gasteiger partial charge < -0.3 is 18.9 Å². The highest BCUT2D eigenvalue weighted by Gasteiger charge is 2.44. The number of rotatable bonds is 4. The Balaban J connectivity index is 2.72. The Morgan fingerprint density at radius 3 is 2.21 bits per heavy atom. The molecule has 0 bridgehead atoms. The fourth-order valence-electron chi connectivity index (χ4n) is 2.19. The molecule has 0 saturated carbocycles. The van der Waals surface area contributed by atoms with Crippen molar-refractivity contribution in [1.29, 1.82) is 0 Å². The molecule has 0 aromatic heterocycles. The molecule has 0 aliphatic carbocycles. The molecule has 1 fully saturated rings. The number of methoxy groups -OCH3 is 1. The normalized spacial score (nSPS) is 34.7. The summed E-state index contributed by atoms with van der Waals surface area (Å²) >= 11 is 0. The van der Waals surface area contributed by atoms with Crippen LogP contribution in [0.15, 0.2) is 0 Å². The van der Waals surface area contributed by atoms with Gasteiger partial charge in [0.05, 0.1) is 6.10 Å². The Labute approximate surface area is 113 Å². The first-order valence-electron chi connectivity index (χ1n) is 6.35. The maximum atomic E-state index is 11.1. The van der Waals surface area contributed by atoms with Gasteiger partial charge in [-0.05, 0) is 5.92 Å². The van der Waals surface area contributed by atoms with E-state index in [-0.39, 0.29) is 36.5 Å². The van der Waals surface area contributed by atoms with Crippen LogP contribution in [-0.4, -0.2) is 44.2 Å². The summed E-state index contributed by atoms with van der Waals surface area (Å²) in [5.41, 5.74) is 0. The predicted molar refractivity (Wildman–Crippen MR) is 66.2 cm³/mol. The van der Waals surface area contributed by atoms with Crippen molar-refractivity contribution < 1.29 is 28.5 Å². The Morgan fingerprint density at radius 2 is 1.74 bits per heavy atom. The number of hydrogen-bond acceptors (Lipinski definition) is 6. The van der Waals surface area contributed by atoms with Crippen molar-refractivity contribution in [3.05, 3.63) is 0 Å².